The van der Waals surface area contributed by atoms with Gasteiger partial charge in [-0.2, -0.15) is 4.98 Å². The van der Waals surface area contributed by atoms with Gasteiger partial charge in [0.25, 0.3) is 5.91 Å². The maximum atomic E-state index is 12.5. The summed E-state index contributed by atoms with van der Waals surface area (Å²) in [6.07, 6.45) is 6.04. The predicted octanol–water partition coefficient (Wildman–Crippen LogP) is 2.16. The maximum absolute atomic E-state index is 12.5. The number of hydrogen-bond donors (Lipinski definition) is 1. The lowest BCUT2D eigenvalue weighted by Crippen LogP contribution is -2.26. The van der Waals surface area contributed by atoms with Crippen molar-refractivity contribution in [3.05, 3.63) is 53.6 Å². The molecule has 1 saturated heterocycles. The third-order valence-corrected chi connectivity index (χ3v) is 4.74. The summed E-state index contributed by atoms with van der Waals surface area (Å²) in [7, 11) is -3.24. The molecule has 1 N–H and O–H groups in total. The normalized spacial score (nSPS) is 14.4. The van der Waals surface area contributed by atoms with Crippen LogP contribution in [0.3, 0.4) is 0 Å². The standard InChI is InChI=1S/C19H22N4O4S/c1-28(25,26)13-7-10-20-17(24)16-14-21-19(23-11-5-6-12-23)22-18(16)27-15-8-3-2-4-9-15/h2-4,7-9,13-14H,5-6,10-12H2,1H3,(H,20,24). The summed E-state index contributed by atoms with van der Waals surface area (Å²) < 4.78 is 28.1. The Balaban J connectivity index is 1.81. The number of para-hydroxylation sites is 1. The quantitative estimate of drug-likeness (QED) is 0.757. The molecule has 1 aliphatic rings. The largest absolute Gasteiger partial charge is 0.438 e. The van der Waals surface area contributed by atoms with E-state index in [0.717, 1.165) is 37.6 Å². The van der Waals surface area contributed by atoms with Gasteiger partial charge in [-0.1, -0.05) is 24.3 Å². The van der Waals surface area contributed by atoms with Crippen LogP contribution < -0.4 is 15.0 Å². The molecule has 1 aromatic heterocycles. The Kier molecular flexibility index (Phi) is 6.25. The molecule has 8 nitrogen and oxygen atoms in total. The Labute approximate surface area is 164 Å². The highest BCUT2D eigenvalue weighted by Gasteiger charge is 2.21. The van der Waals surface area contributed by atoms with Gasteiger partial charge in [0, 0.05) is 37.5 Å². The fourth-order valence-electron chi connectivity index (χ4n) is 2.73. The van der Waals surface area contributed by atoms with E-state index in [-0.39, 0.29) is 18.0 Å². The third-order valence-electron chi connectivity index (χ3n) is 4.06. The molecule has 9 heteroatoms. The number of carbonyl (C=O) groups excluding carboxylic acids is 1. The van der Waals surface area contributed by atoms with Gasteiger partial charge in [-0.3, -0.25) is 4.79 Å². The molecule has 0 atom stereocenters. The lowest BCUT2D eigenvalue weighted by Gasteiger charge is -2.17. The van der Waals surface area contributed by atoms with Crippen LogP contribution in [0.1, 0.15) is 23.2 Å². The van der Waals surface area contributed by atoms with Crippen LogP contribution in [-0.4, -0.2) is 50.2 Å². The molecule has 0 spiro atoms. The highest BCUT2D eigenvalue weighted by Crippen LogP contribution is 2.26. The number of benzene rings is 1. The van der Waals surface area contributed by atoms with Crippen molar-refractivity contribution in [3.8, 4) is 11.6 Å². The minimum Gasteiger partial charge on any atom is -0.438 e. The molecule has 1 fully saturated rings. The molecule has 1 amide bonds. The average Bonchev–Trinajstić information content (AvgIpc) is 3.20. The van der Waals surface area contributed by atoms with Crippen molar-refractivity contribution in [3.63, 3.8) is 0 Å². The molecule has 2 aromatic rings. The molecule has 1 aliphatic heterocycles. The van der Waals surface area contributed by atoms with Crippen molar-refractivity contribution in [1.82, 2.24) is 15.3 Å². The lowest BCUT2D eigenvalue weighted by molar-refractivity contribution is 0.0954. The summed E-state index contributed by atoms with van der Waals surface area (Å²) in [6, 6.07) is 9.06. The highest BCUT2D eigenvalue weighted by atomic mass is 32.2. The van der Waals surface area contributed by atoms with Gasteiger partial charge in [-0.05, 0) is 25.0 Å². The van der Waals surface area contributed by atoms with E-state index >= 15 is 0 Å². The molecule has 0 saturated carbocycles. The number of ether oxygens (including phenoxy) is 1. The molecule has 2 heterocycles. The minimum atomic E-state index is -3.24. The van der Waals surface area contributed by atoms with E-state index in [9.17, 15) is 13.2 Å². The summed E-state index contributed by atoms with van der Waals surface area (Å²) in [4.78, 5) is 23.4. The third kappa shape index (κ3) is 5.53. The van der Waals surface area contributed by atoms with Crippen molar-refractivity contribution in [2.45, 2.75) is 12.8 Å². The Morgan fingerprint density at radius 2 is 1.96 bits per heavy atom. The van der Waals surface area contributed by atoms with Crippen molar-refractivity contribution < 1.29 is 17.9 Å². The first-order valence-electron chi connectivity index (χ1n) is 8.92. The van der Waals surface area contributed by atoms with Crippen molar-refractivity contribution >= 4 is 21.7 Å². The number of anilines is 1. The lowest BCUT2D eigenvalue weighted by atomic mass is 10.3. The van der Waals surface area contributed by atoms with Gasteiger partial charge >= 0.3 is 0 Å². The average molecular weight is 402 g/mol. The van der Waals surface area contributed by atoms with E-state index in [1.54, 1.807) is 12.1 Å². The zero-order valence-corrected chi connectivity index (χ0v) is 16.4. The fourth-order valence-corrected chi connectivity index (χ4v) is 3.18. The van der Waals surface area contributed by atoms with E-state index < -0.39 is 15.7 Å². The van der Waals surface area contributed by atoms with E-state index in [1.807, 2.05) is 23.1 Å². The van der Waals surface area contributed by atoms with E-state index in [2.05, 4.69) is 15.3 Å². The van der Waals surface area contributed by atoms with E-state index in [0.29, 0.717) is 11.7 Å². The first-order valence-corrected chi connectivity index (χ1v) is 10.9. The molecular weight excluding hydrogens is 380 g/mol. The van der Waals surface area contributed by atoms with Crippen LogP contribution in [-0.2, 0) is 9.84 Å². The van der Waals surface area contributed by atoms with Gasteiger partial charge in [-0.25, -0.2) is 13.4 Å². The molecular formula is C19H22N4O4S. The van der Waals surface area contributed by atoms with Gasteiger partial charge in [0.15, 0.2) is 9.84 Å². The number of aromatic nitrogens is 2. The molecule has 0 aliphatic carbocycles. The zero-order valence-electron chi connectivity index (χ0n) is 15.5. The maximum Gasteiger partial charge on any atom is 0.258 e. The number of hydrogen-bond acceptors (Lipinski definition) is 7. The minimum absolute atomic E-state index is 0.0601. The van der Waals surface area contributed by atoms with Gasteiger partial charge in [0.1, 0.15) is 11.3 Å². The number of nitrogens with zero attached hydrogens (tertiary/aromatic N) is 3. The Morgan fingerprint density at radius 3 is 2.64 bits per heavy atom. The van der Waals surface area contributed by atoms with Crippen LogP contribution in [0.2, 0.25) is 0 Å². The van der Waals surface area contributed by atoms with Crippen molar-refractivity contribution in [2.75, 3.05) is 30.8 Å². The smallest absolute Gasteiger partial charge is 0.258 e. The number of rotatable bonds is 7. The molecule has 3 rings (SSSR count). The summed E-state index contributed by atoms with van der Waals surface area (Å²) in [5, 5.41) is 3.67. The molecule has 0 unspecified atom stereocenters. The second-order valence-electron chi connectivity index (χ2n) is 6.41. The van der Waals surface area contributed by atoms with Crippen LogP contribution in [0.4, 0.5) is 5.95 Å². The van der Waals surface area contributed by atoms with Crippen LogP contribution in [0.15, 0.2) is 48.0 Å². The van der Waals surface area contributed by atoms with E-state index in [4.69, 9.17) is 4.74 Å². The Hall–Kier alpha value is -2.94. The highest BCUT2D eigenvalue weighted by molar-refractivity contribution is 7.93. The van der Waals surface area contributed by atoms with Gasteiger partial charge in [-0.15, -0.1) is 0 Å². The molecule has 148 valence electrons. The zero-order chi connectivity index (χ0) is 20.0. The van der Waals surface area contributed by atoms with Crippen LogP contribution in [0.25, 0.3) is 0 Å². The topological polar surface area (TPSA) is 101 Å². The summed E-state index contributed by atoms with van der Waals surface area (Å²) in [5.74, 6) is 0.793. The van der Waals surface area contributed by atoms with Crippen LogP contribution in [0, 0.1) is 0 Å². The van der Waals surface area contributed by atoms with Gasteiger partial charge in [0.2, 0.25) is 11.8 Å². The first kappa shape index (κ1) is 19.8. The summed E-state index contributed by atoms with van der Waals surface area (Å²) in [5.41, 5.74) is 0.180. The van der Waals surface area contributed by atoms with E-state index in [1.165, 1.54) is 12.3 Å². The fraction of sp³-hybridized carbons (Fsp3) is 0.316. The second kappa shape index (κ2) is 8.83. The SMILES string of the molecule is CS(=O)(=O)C=CCNC(=O)c1cnc(N2CCCC2)nc1Oc1ccccc1. The molecule has 0 radical (unpaired) electrons. The summed E-state index contributed by atoms with van der Waals surface area (Å²) >= 11 is 0. The summed E-state index contributed by atoms with van der Waals surface area (Å²) in [6.45, 7) is 1.80. The van der Waals surface area contributed by atoms with Gasteiger partial charge < -0.3 is 15.0 Å². The monoisotopic (exact) mass is 402 g/mol. The molecule has 28 heavy (non-hydrogen) atoms. The Bertz CT molecular complexity index is 955. The predicted molar refractivity (Wildman–Crippen MR) is 106 cm³/mol. The van der Waals surface area contributed by atoms with Crippen molar-refractivity contribution in [1.29, 1.82) is 0 Å². The van der Waals surface area contributed by atoms with Gasteiger partial charge in [0.05, 0.1) is 0 Å². The number of sulfone groups is 1. The van der Waals surface area contributed by atoms with Crippen LogP contribution in [0.5, 0.6) is 11.6 Å². The number of amides is 1. The second-order valence-corrected chi connectivity index (χ2v) is 8.34. The van der Waals surface area contributed by atoms with Crippen molar-refractivity contribution in [2.24, 2.45) is 0 Å². The first-order chi connectivity index (χ1) is 13.4. The molecule has 0 bridgehead atoms. The number of nitrogens with one attached hydrogen (secondary N) is 1. The van der Waals surface area contributed by atoms with Crippen LogP contribution >= 0.6 is 0 Å². The molecule has 1 aromatic carbocycles. The number of carbonyl (C=O) groups is 1. The Morgan fingerprint density at radius 1 is 1.25 bits per heavy atom.